The number of piperazine rings is 1. The second-order valence-electron chi connectivity index (χ2n) is 8.64. The fourth-order valence-corrected chi connectivity index (χ4v) is 6.14. The number of thiazole rings is 1. The van der Waals surface area contributed by atoms with Crippen LogP contribution in [-0.4, -0.2) is 49.2 Å². The van der Waals surface area contributed by atoms with E-state index >= 15 is 0 Å². The monoisotopic (exact) mass is 432 g/mol. The van der Waals surface area contributed by atoms with Gasteiger partial charge in [-0.05, 0) is 55.5 Å². The summed E-state index contributed by atoms with van der Waals surface area (Å²) in [5.41, 5.74) is 1.82. The molecule has 1 saturated heterocycles. The molecule has 6 heteroatoms. The predicted octanol–water partition coefficient (Wildman–Crippen LogP) is 4.83. The number of nitrogens with zero attached hydrogens (tertiary/aromatic N) is 4. The topological polar surface area (TPSA) is 52.4 Å². The predicted molar refractivity (Wildman–Crippen MR) is 126 cm³/mol. The maximum Gasteiger partial charge on any atom is 0.186 e. The number of benzene rings is 2. The lowest BCUT2D eigenvalue weighted by Gasteiger charge is -2.44. The Bertz CT molecular complexity index is 1060. The highest BCUT2D eigenvalue weighted by atomic mass is 32.1. The van der Waals surface area contributed by atoms with Crippen molar-refractivity contribution in [1.82, 2.24) is 9.88 Å². The third-order valence-corrected chi connectivity index (χ3v) is 8.13. The zero-order valence-corrected chi connectivity index (χ0v) is 18.8. The Kier molecular flexibility index (Phi) is 5.56. The first kappa shape index (κ1) is 20.3. The van der Waals surface area contributed by atoms with Crippen molar-refractivity contribution in [2.45, 2.75) is 37.1 Å². The molecule has 0 spiro atoms. The molecule has 1 aromatic heterocycles. The van der Waals surface area contributed by atoms with Gasteiger partial charge in [-0.2, -0.15) is 5.26 Å². The quantitative estimate of drug-likeness (QED) is 0.591. The molecule has 0 N–H and O–H groups in total. The van der Waals surface area contributed by atoms with E-state index in [9.17, 15) is 5.26 Å². The number of methoxy groups -OCH3 is 1. The second-order valence-corrected chi connectivity index (χ2v) is 9.65. The summed E-state index contributed by atoms with van der Waals surface area (Å²) in [6.45, 7) is 4.18. The number of aromatic nitrogens is 1. The van der Waals surface area contributed by atoms with Crippen LogP contribution in [0.5, 0.6) is 5.75 Å². The number of anilines is 1. The molecule has 0 atom stereocenters. The number of ether oxygens (including phenoxy) is 1. The smallest absolute Gasteiger partial charge is 0.186 e. The molecule has 160 valence electrons. The van der Waals surface area contributed by atoms with Crippen LogP contribution in [0.15, 0.2) is 48.5 Å². The average molecular weight is 433 g/mol. The van der Waals surface area contributed by atoms with E-state index in [0.29, 0.717) is 6.04 Å². The van der Waals surface area contributed by atoms with Gasteiger partial charge in [0, 0.05) is 32.2 Å². The van der Waals surface area contributed by atoms with Crippen LogP contribution in [0.3, 0.4) is 0 Å². The summed E-state index contributed by atoms with van der Waals surface area (Å²) in [7, 11) is 1.68. The number of nitriles is 1. The van der Waals surface area contributed by atoms with Gasteiger partial charge >= 0.3 is 0 Å². The van der Waals surface area contributed by atoms with Gasteiger partial charge in [0.2, 0.25) is 0 Å². The van der Waals surface area contributed by atoms with Gasteiger partial charge in [0.15, 0.2) is 5.13 Å². The minimum absolute atomic E-state index is 0.381. The molecule has 5 rings (SSSR count). The van der Waals surface area contributed by atoms with E-state index in [0.717, 1.165) is 73.8 Å². The highest BCUT2D eigenvalue weighted by Crippen LogP contribution is 2.41. The largest absolute Gasteiger partial charge is 0.497 e. The maximum absolute atomic E-state index is 10.1. The Hall–Kier alpha value is -2.62. The molecule has 5 nitrogen and oxygen atoms in total. The molecule has 0 bridgehead atoms. The van der Waals surface area contributed by atoms with Crippen LogP contribution >= 0.6 is 11.3 Å². The third kappa shape index (κ3) is 3.88. The van der Waals surface area contributed by atoms with E-state index in [-0.39, 0.29) is 5.41 Å². The first-order chi connectivity index (χ1) is 15.2. The molecule has 0 radical (unpaired) electrons. The van der Waals surface area contributed by atoms with Gasteiger partial charge < -0.3 is 9.64 Å². The van der Waals surface area contributed by atoms with E-state index < -0.39 is 0 Å². The molecule has 1 saturated carbocycles. The van der Waals surface area contributed by atoms with Crippen molar-refractivity contribution in [2.75, 3.05) is 38.2 Å². The first-order valence-corrected chi connectivity index (χ1v) is 11.9. The molecule has 1 aliphatic heterocycles. The molecule has 0 amide bonds. The molecule has 2 heterocycles. The van der Waals surface area contributed by atoms with Crippen LogP contribution in [0.25, 0.3) is 10.2 Å². The van der Waals surface area contributed by atoms with Crippen molar-refractivity contribution in [3.8, 4) is 11.8 Å². The Morgan fingerprint density at radius 2 is 1.84 bits per heavy atom. The zero-order chi connectivity index (χ0) is 21.3. The normalized spacial score (nSPS) is 24.8. The van der Waals surface area contributed by atoms with Crippen molar-refractivity contribution < 1.29 is 4.74 Å². The molecule has 3 aromatic rings. The summed E-state index contributed by atoms with van der Waals surface area (Å²) >= 11 is 1.79. The molecule has 2 aromatic carbocycles. The van der Waals surface area contributed by atoms with Crippen LogP contribution < -0.4 is 9.64 Å². The van der Waals surface area contributed by atoms with Gasteiger partial charge in [0.05, 0.1) is 28.8 Å². The van der Waals surface area contributed by atoms with Crippen molar-refractivity contribution in [3.63, 3.8) is 0 Å². The Morgan fingerprint density at radius 1 is 1.06 bits per heavy atom. The lowest BCUT2D eigenvalue weighted by Crippen LogP contribution is -2.52. The lowest BCUT2D eigenvalue weighted by atomic mass is 9.69. The van der Waals surface area contributed by atoms with Crippen LogP contribution in [0.1, 0.15) is 31.2 Å². The number of rotatable bonds is 4. The zero-order valence-electron chi connectivity index (χ0n) is 18.0. The summed E-state index contributed by atoms with van der Waals surface area (Å²) in [6, 6.07) is 19.7. The average Bonchev–Trinajstić information content (AvgIpc) is 3.29. The van der Waals surface area contributed by atoms with E-state index in [1.807, 2.05) is 18.2 Å². The Morgan fingerprint density at radius 3 is 2.55 bits per heavy atom. The first-order valence-electron chi connectivity index (χ1n) is 11.1. The molecule has 0 unspecified atom stereocenters. The van der Waals surface area contributed by atoms with Gasteiger partial charge in [0.25, 0.3) is 0 Å². The van der Waals surface area contributed by atoms with Gasteiger partial charge in [0.1, 0.15) is 5.75 Å². The van der Waals surface area contributed by atoms with Crippen molar-refractivity contribution >= 4 is 26.7 Å². The fourth-order valence-electron chi connectivity index (χ4n) is 5.12. The summed E-state index contributed by atoms with van der Waals surface area (Å²) in [5.74, 6) is 0.834. The third-order valence-electron chi connectivity index (χ3n) is 7.03. The van der Waals surface area contributed by atoms with Crippen molar-refractivity contribution in [2.24, 2.45) is 0 Å². The fraction of sp³-hybridized carbons (Fsp3) is 0.440. The maximum atomic E-state index is 10.1. The second kappa shape index (κ2) is 8.49. The van der Waals surface area contributed by atoms with E-state index in [1.54, 1.807) is 18.4 Å². The van der Waals surface area contributed by atoms with Gasteiger partial charge in [-0.15, -0.1) is 0 Å². The van der Waals surface area contributed by atoms with Crippen LogP contribution in [0, 0.1) is 11.3 Å². The number of hydrogen-bond donors (Lipinski definition) is 0. The molecular weight excluding hydrogens is 404 g/mol. The number of hydrogen-bond acceptors (Lipinski definition) is 6. The SMILES string of the molecule is COc1cccc([C@]2(C#N)CC[C@@H](N3CCN(c4nc5ccccc5s4)CC3)CC2)c1. The summed E-state index contributed by atoms with van der Waals surface area (Å²) in [6.07, 6.45) is 3.98. The van der Waals surface area contributed by atoms with Crippen LogP contribution in [-0.2, 0) is 5.41 Å². The number of para-hydroxylation sites is 1. The number of fused-ring (bicyclic) bond motifs is 1. The van der Waals surface area contributed by atoms with E-state index in [4.69, 9.17) is 9.72 Å². The standard InChI is InChI=1S/C25H28N4OS/c1-30-21-6-4-5-19(17-21)25(18-26)11-9-20(10-12-25)28-13-15-29(16-14-28)24-27-22-7-2-3-8-23(22)31-24/h2-8,17,20H,9-16H2,1H3/t20-,25-. The molecule has 31 heavy (non-hydrogen) atoms. The van der Waals surface area contributed by atoms with Crippen molar-refractivity contribution in [3.05, 3.63) is 54.1 Å². The highest BCUT2D eigenvalue weighted by molar-refractivity contribution is 7.22. The van der Waals surface area contributed by atoms with E-state index in [1.165, 1.54) is 4.70 Å². The summed E-state index contributed by atoms with van der Waals surface area (Å²) in [5, 5.41) is 11.2. The molecular formula is C25H28N4OS. The summed E-state index contributed by atoms with van der Waals surface area (Å²) < 4.78 is 6.65. The molecule has 1 aliphatic carbocycles. The highest BCUT2D eigenvalue weighted by Gasteiger charge is 2.39. The summed E-state index contributed by atoms with van der Waals surface area (Å²) in [4.78, 5) is 9.90. The minimum Gasteiger partial charge on any atom is -0.497 e. The van der Waals surface area contributed by atoms with Crippen LogP contribution in [0.4, 0.5) is 5.13 Å². The Labute approximate surface area is 187 Å². The van der Waals surface area contributed by atoms with E-state index in [2.05, 4.69) is 46.2 Å². The van der Waals surface area contributed by atoms with Gasteiger partial charge in [-0.1, -0.05) is 35.6 Å². The molecule has 2 fully saturated rings. The lowest BCUT2D eigenvalue weighted by molar-refractivity contribution is 0.130. The van der Waals surface area contributed by atoms with Crippen molar-refractivity contribution in [1.29, 1.82) is 5.26 Å². The molecule has 2 aliphatic rings. The minimum atomic E-state index is -0.381. The van der Waals surface area contributed by atoms with Crippen LogP contribution in [0.2, 0.25) is 0 Å². The Balaban J connectivity index is 1.21. The van der Waals surface area contributed by atoms with Gasteiger partial charge in [-0.25, -0.2) is 4.98 Å². The van der Waals surface area contributed by atoms with Gasteiger partial charge in [-0.3, -0.25) is 4.90 Å².